The Labute approximate surface area is 130 Å². The highest BCUT2D eigenvalue weighted by molar-refractivity contribution is 7.99. The van der Waals surface area contributed by atoms with Gasteiger partial charge in [-0.2, -0.15) is 11.8 Å². The zero-order valence-electron chi connectivity index (χ0n) is 12.7. The number of benzene rings is 1. The van der Waals surface area contributed by atoms with Gasteiger partial charge < -0.3 is 10.4 Å². The molecule has 1 aliphatic heterocycles. The lowest BCUT2D eigenvalue weighted by atomic mass is 10.1. The average Bonchev–Trinajstić information content (AvgIpc) is 2.84. The summed E-state index contributed by atoms with van der Waals surface area (Å²) >= 11 is 1.54. The lowest BCUT2D eigenvalue weighted by molar-refractivity contribution is -0.120. The molecule has 0 radical (unpaired) electrons. The maximum atomic E-state index is 11.9. The molecule has 4 nitrogen and oxygen atoms in total. The molecule has 0 spiro atoms. The van der Waals surface area contributed by atoms with E-state index in [4.69, 9.17) is 0 Å². The molecule has 1 fully saturated rings. The van der Waals surface area contributed by atoms with Gasteiger partial charge in [-0.3, -0.25) is 9.69 Å². The summed E-state index contributed by atoms with van der Waals surface area (Å²) < 4.78 is 0. The molecule has 1 heterocycles. The Morgan fingerprint density at radius 2 is 2.19 bits per heavy atom. The summed E-state index contributed by atoms with van der Waals surface area (Å²) in [4.78, 5) is 14.1. The van der Waals surface area contributed by atoms with Crippen molar-refractivity contribution in [3.63, 3.8) is 0 Å². The van der Waals surface area contributed by atoms with E-state index in [0.717, 1.165) is 13.0 Å². The molecule has 1 aromatic rings. The first-order valence-corrected chi connectivity index (χ1v) is 8.65. The summed E-state index contributed by atoms with van der Waals surface area (Å²) in [6.07, 6.45) is 2.36. The first-order chi connectivity index (χ1) is 10.1. The molecule has 0 bridgehead atoms. The first kappa shape index (κ1) is 16.3. The third-order valence-electron chi connectivity index (χ3n) is 3.97. The fourth-order valence-electron chi connectivity index (χ4n) is 2.65. The maximum Gasteiger partial charge on any atom is 0.232 e. The number of β-amino-alcohol motifs (C(OH)–C–C–N with tert-alkyl or cyclic N) is 1. The monoisotopic (exact) mass is 308 g/mol. The van der Waals surface area contributed by atoms with Crippen LogP contribution in [0.5, 0.6) is 0 Å². The van der Waals surface area contributed by atoms with Gasteiger partial charge in [0, 0.05) is 25.7 Å². The summed E-state index contributed by atoms with van der Waals surface area (Å²) in [6, 6.07) is 10.5. The molecule has 3 atom stereocenters. The molecule has 1 amide bonds. The zero-order valence-corrected chi connectivity index (χ0v) is 13.5. The second kappa shape index (κ2) is 7.82. The van der Waals surface area contributed by atoms with Gasteiger partial charge in [0.25, 0.3) is 0 Å². The molecular weight excluding hydrogens is 284 g/mol. The van der Waals surface area contributed by atoms with Crippen LogP contribution in [0.3, 0.4) is 0 Å². The average molecular weight is 308 g/mol. The summed E-state index contributed by atoms with van der Waals surface area (Å²) in [5.74, 6) is 0.0727. The predicted octanol–water partition coefficient (Wildman–Crippen LogP) is 1.49. The van der Waals surface area contributed by atoms with Crippen LogP contribution in [-0.2, 0) is 11.3 Å². The van der Waals surface area contributed by atoms with Crippen molar-refractivity contribution < 1.29 is 9.90 Å². The Morgan fingerprint density at radius 3 is 2.86 bits per heavy atom. The van der Waals surface area contributed by atoms with E-state index in [-0.39, 0.29) is 23.3 Å². The van der Waals surface area contributed by atoms with Crippen LogP contribution < -0.4 is 5.32 Å². The Balaban J connectivity index is 1.89. The lowest BCUT2D eigenvalue weighted by Gasteiger charge is -2.25. The minimum absolute atomic E-state index is 0.0288. The number of carbonyl (C=O) groups is 1. The van der Waals surface area contributed by atoms with Crippen LogP contribution in [0, 0.1) is 0 Å². The first-order valence-electron chi connectivity index (χ1n) is 7.36. The summed E-state index contributed by atoms with van der Waals surface area (Å²) in [5.41, 5.74) is 1.24. The number of thioether (sulfide) groups is 1. The van der Waals surface area contributed by atoms with Gasteiger partial charge in [0.15, 0.2) is 0 Å². The molecule has 3 unspecified atom stereocenters. The molecule has 116 valence electrons. The number of nitrogens with one attached hydrogen (secondary N) is 1. The van der Waals surface area contributed by atoms with Crippen molar-refractivity contribution in [1.29, 1.82) is 0 Å². The van der Waals surface area contributed by atoms with Gasteiger partial charge in [-0.05, 0) is 25.2 Å². The van der Waals surface area contributed by atoms with Gasteiger partial charge in [-0.15, -0.1) is 0 Å². The van der Waals surface area contributed by atoms with Crippen LogP contribution in [-0.4, -0.2) is 52.7 Å². The highest BCUT2D eigenvalue weighted by atomic mass is 32.2. The molecule has 1 saturated heterocycles. The van der Waals surface area contributed by atoms with Crippen molar-refractivity contribution in [2.24, 2.45) is 0 Å². The molecule has 2 rings (SSSR count). The highest BCUT2D eigenvalue weighted by Crippen LogP contribution is 2.20. The second-order valence-corrected chi connectivity index (χ2v) is 6.76. The Morgan fingerprint density at radius 1 is 1.48 bits per heavy atom. The van der Waals surface area contributed by atoms with E-state index in [1.54, 1.807) is 11.8 Å². The number of amides is 1. The molecule has 0 aromatic heterocycles. The quantitative estimate of drug-likeness (QED) is 0.836. The fraction of sp³-hybridized carbons (Fsp3) is 0.562. The summed E-state index contributed by atoms with van der Waals surface area (Å²) in [5, 5.41) is 12.9. The topological polar surface area (TPSA) is 52.6 Å². The lowest BCUT2D eigenvalue weighted by Crippen LogP contribution is -2.42. The van der Waals surface area contributed by atoms with Crippen molar-refractivity contribution in [3.05, 3.63) is 35.9 Å². The van der Waals surface area contributed by atoms with Crippen molar-refractivity contribution in [2.75, 3.05) is 19.3 Å². The smallest absolute Gasteiger partial charge is 0.232 e. The maximum absolute atomic E-state index is 11.9. The number of rotatable bonds is 6. The minimum Gasteiger partial charge on any atom is -0.392 e. The number of hydrogen-bond donors (Lipinski definition) is 2. The van der Waals surface area contributed by atoms with E-state index < -0.39 is 0 Å². The highest BCUT2D eigenvalue weighted by Gasteiger charge is 2.31. The Kier molecular flexibility index (Phi) is 6.08. The van der Waals surface area contributed by atoms with Gasteiger partial charge in [-0.25, -0.2) is 0 Å². The van der Waals surface area contributed by atoms with Crippen LogP contribution in [0.1, 0.15) is 18.9 Å². The molecule has 2 N–H and O–H groups in total. The number of nitrogens with zero attached hydrogens (tertiary/aromatic N) is 1. The Bertz CT molecular complexity index is 455. The van der Waals surface area contributed by atoms with Crippen molar-refractivity contribution in [3.8, 4) is 0 Å². The summed E-state index contributed by atoms with van der Waals surface area (Å²) in [7, 11) is 0. The number of carbonyl (C=O) groups excluding carboxylic acids is 1. The van der Waals surface area contributed by atoms with Crippen LogP contribution >= 0.6 is 11.8 Å². The normalized spacial score (nSPS) is 24.0. The fourth-order valence-corrected chi connectivity index (χ4v) is 2.95. The number of aliphatic hydroxyl groups is 1. The van der Waals surface area contributed by atoms with E-state index in [2.05, 4.69) is 22.3 Å². The van der Waals surface area contributed by atoms with Crippen LogP contribution in [0.25, 0.3) is 0 Å². The van der Waals surface area contributed by atoms with E-state index in [1.807, 2.05) is 31.4 Å². The molecule has 0 aliphatic carbocycles. The largest absolute Gasteiger partial charge is 0.392 e. The standard InChI is InChI=1S/C16H24N2O2S/c1-12(21-2)16(20)17-9-14-8-15(19)11-18(14)10-13-6-4-3-5-7-13/h3-7,12,14-15,19H,8-11H2,1-2H3,(H,17,20). The van der Waals surface area contributed by atoms with Crippen LogP contribution in [0.4, 0.5) is 0 Å². The predicted molar refractivity (Wildman–Crippen MR) is 87.3 cm³/mol. The van der Waals surface area contributed by atoms with E-state index in [9.17, 15) is 9.90 Å². The van der Waals surface area contributed by atoms with E-state index in [1.165, 1.54) is 5.56 Å². The van der Waals surface area contributed by atoms with Gasteiger partial charge >= 0.3 is 0 Å². The van der Waals surface area contributed by atoms with Crippen molar-refractivity contribution in [1.82, 2.24) is 10.2 Å². The zero-order chi connectivity index (χ0) is 15.2. The minimum atomic E-state index is -0.298. The number of aliphatic hydroxyl groups excluding tert-OH is 1. The van der Waals surface area contributed by atoms with Gasteiger partial charge in [0.1, 0.15) is 0 Å². The van der Waals surface area contributed by atoms with Crippen LogP contribution in [0.2, 0.25) is 0 Å². The molecule has 0 saturated carbocycles. The van der Waals surface area contributed by atoms with Crippen molar-refractivity contribution in [2.45, 2.75) is 37.3 Å². The van der Waals surface area contributed by atoms with Crippen LogP contribution in [0.15, 0.2) is 30.3 Å². The third-order valence-corrected chi connectivity index (χ3v) is 4.89. The van der Waals surface area contributed by atoms with Gasteiger partial charge in [0.05, 0.1) is 11.4 Å². The third kappa shape index (κ3) is 4.73. The molecule has 5 heteroatoms. The molecule has 21 heavy (non-hydrogen) atoms. The van der Waals surface area contributed by atoms with Gasteiger partial charge in [-0.1, -0.05) is 30.3 Å². The molecule has 1 aromatic carbocycles. The molecular formula is C16H24N2O2S. The number of hydrogen-bond acceptors (Lipinski definition) is 4. The SMILES string of the molecule is CSC(C)C(=O)NCC1CC(O)CN1Cc1ccccc1. The van der Waals surface area contributed by atoms with Gasteiger partial charge in [0.2, 0.25) is 5.91 Å². The van der Waals surface area contributed by atoms with E-state index in [0.29, 0.717) is 13.1 Å². The number of likely N-dealkylation sites (tertiary alicyclic amines) is 1. The summed E-state index contributed by atoms with van der Waals surface area (Å²) in [6.45, 7) is 4.00. The molecule has 1 aliphatic rings. The van der Waals surface area contributed by atoms with E-state index >= 15 is 0 Å². The second-order valence-electron chi connectivity index (χ2n) is 5.58. The Hall–Kier alpha value is -1.04. The van der Waals surface area contributed by atoms with Crippen molar-refractivity contribution >= 4 is 17.7 Å².